The van der Waals surface area contributed by atoms with Crippen LogP contribution >= 0.6 is 0 Å². The summed E-state index contributed by atoms with van der Waals surface area (Å²) in [7, 11) is 1.38. The molecule has 31 heavy (non-hydrogen) atoms. The molecule has 0 aliphatic rings. The van der Waals surface area contributed by atoms with Gasteiger partial charge in [-0.25, -0.2) is 13.9 Å². The number of rotatable bonds is 8. The molecule has 9 heteroatoms. The van der Waals surface area contributed by atoms with E-state index in [-0.39, 0.29) is 12.2 Å². The lowest BCUT2D eigenvalue weighted by Gasteiger charge is -2.15. The van der Waals surface area contributed by atoms with Gasteiger partial charge in [0.05, 0.1) is 12.8 Å². The first kappa shape index (κ1) is 21.7. The molecule has 3 aromatic rings. The fourth-order valence-corrected chi connectivity index (χ4v) is 3.01. The molecule has 1 amide bonds. The van der Waals surface area contributed by atoms with Gasteiger partial charge in [-0.15, -0.1) is 0 Å². The molecule has 2 aromatic carbocycles. The number of carbonyl (C=O) groups is 2. The van der Waals surface area contributed by atoms with Crippen LogP contribution in [-0.4, -0.2) is 39.9 Å². The van der Waals surface area contributed by atoms with E-state index in [0.717, 1.165) is 10.2 Å². The lowest BCUT2D eigenvalue weighted by atomic mass is 10.1. The van der Waals surface area contributed by atoms with Gasteiger partial charge in [-0.3, -0.25) is 9.59 Å². The number of hydrogen-bond donors (Lipinski definition) is 2. The molecule has 0 aliphatic heterocycles. The van der Waals surface area contributed by atoms with Crippen molar-refractivity contribution in [1.29, 1.82) is 0 Å². The summed E-state index contributed by atoms with van der Waals surface area (Å²) in [5.74, 6) is -2.15. The number of carboxylic acid groups (broad SMARTS) is 1. The molecule has 8 nitrogen and oxygen atoms in total. The molecule has 3 rings (SSSR count). The van der Waals surface area contributed by atoms with Crippen molar-refractivity contribution < 1.29 is 23.8 Å². The van der Waals surface area contributed by atoms with Crippen molar-refractivity contribution >= 4 is 11.9 Å². The van der Waals surface area contributed by atoms with Crippen LogP contribution in [0.2, 0.25) is 0 Å². The zero-order chi connectivity index (χ0) is 22.4. The van der Waals surface area contributed by atoms with Crippen molar-refractivity contribution in [3.63, 3.8) is 0 Å². The van der Waals surface area contributed by atoms with Gasteiger partial charge in [0.25, 0.3) is 5.56 Å². The molecule has 0 fully saturated rings. The van der Waals surface area contributed by atoms with Crippen LogP contribution < -0.4 is 15.6 Å². The zero-order valence-electron chi connectivity index (χ0n) is 16.6. The Morgan fingerprint density at radius 1 is 1.16 bits per heavy atom. The van der Waals surface area contributed by atoms with Crippen LogP contribution in [0.5, 0.6) is 5.75 Å². The quantitative estimate of drug-likeness (QED) is 0.570. The van der Waals surface area contributed by atoms with Gasteiger partial charge >= 0.3 is 5.97 Å². The summed E-state index contributed by atoms with van der Waals surface area (Å²) in [6.07, 6.45) is 0.0943. The average molecular weight is 425 g/mol. The second-order valence-electron chi connectivity index (χ2n) is 6.71. The maximum Gasteiger partial charge on any atom is 0.326 e. The number of hydrogen-bond acceptors (Lipinski definition) is 5. The van der Waals surface area contributed by atoms with E-state index in [4.69, 9.17) is 4.74 Å². The molecule has 0 unspecified atom stereocenters. The Hall–Kier alpha value is -4.01. The number of nitrogens with one attached hydrogen (secondary N) is 1. The topological polar surface area (TPSA) is 111 Å². The Balaban J connectivity index is 1.79. The summed E-state index contributed by atoms with van der Waals surface area (Å²) in [6.45, 7) is -0.477. The summed E-state index contributed by atoms with van der Waals surface area (Å²) in [6, 6.07) is 14.2. The summed E-state index contributed by atoms with van der Waals surface area (Å²) in [5.41, 5.74) is 0.930. The zero-order valence-corrected chi connectivity index (χ0v) is 16.6. The Labute approximate surface area is 176 Å². The van der Waals surface area contributed by atoms with Crippen LogP contribution in [0.4, 0.5) is 4.39 Å². The lowest BCUT2D eigenvalue weighted by molar-refractivity contribution is -0.141. The summed E-state index contributed by atoms with van der Waals surface area (Å²) >= 11 is 0. The maximum atomic E-state index is 13.5. The first-order valence-corrected chi connectivity index (χ1v) is 9.35. The highest BCUT2D eigenvalue weighted by atomic mass is 19.1. The number of benzene rings is 2. The minimum absolute atomic E-state index is 0.0943. The third-order valence-electron chi connectivity index (χ3n) is 4.52. The summed E-state index contributed by atoms with van der Waals surface area (Å²) in [4.78, 5) is 36.2. The molecule has 160 valence electrons. The van der Waals surface area contributed by atoms with Gasteiger partial charge < -0.3 is 15.2 Å². The summed E-state index contributed by atoms with van der Waals surface area (Å²) in [5, 5.41) is 16.0. The van der Waals surface area contributed by atoms with Crippen molar-refractivity contribution in [3.05, 3.63) is 82.4 Å². The SMILES string of the molecule is COc1cc(F)ccc1-c1ccc(=O)n(CC(=O)N[C@@H](Cc2ccccc2)C(=O)O)n1. The number of halogens is 1. The Kier molecular flexibility index (Phi) is 6.76. The van der Waals surface area contributed by atoms with Gasteiger partial charge in [0.1, 0.15) is 24.2 Å². The van der Waals surface area contributed by atoms with Crippen molar-refractivity contribution in [1.82, 2.24) is 15.1 Å². The monoisotopic (exact) mass is 425 g/mol. The standard InChI is InChI=1S/C22H20FN3O5/c1-31-19-12-15(23)7-8-16(19)17-9-10-21(28)26(25-17)13-20(27)24-18(22(29)30)11-14-5-3-2-4-6-14/h2-10,12,18H,11,13H2,1H3,(H,24,27)(H,29,30)/t18-/m0/s1. The molecule has 1 aromatic heterocycles. The number of ether oxygens (including phenoxy) is 1. The molecule has 0 saturated heterocycles. The maximum absolute atomic E-state index is 13.5. The van der Waals surface area contributed by atoms with Gasteiger partial charge in [-0.05, 0) is 23.8 Å². The van der Waals surface area contributed by atoms with E-state index in [2.05, 4.69) is 10.4 Å². The third-order valence-corrected chi connectivity index (χ3v) is 4.52. The van der Waals surface area contributed by atoms with Crippen molar-refractivity contribution in [3.8, 4) is 17.0 Å². The Morgan fingerprint density at radius 3 is 2.58 bits per heavy atom. The highest BCUT2D eigenvalue weighted by Gasteiger charge is 2.21. The number of nitrogens with zero attached hydrogens (tertiary/aromatic N) is 2. The smallest absolute Gasteiger partial charge is 0.326 e. The molecule has 0 radical (unpaired) electrons. The van der Waals surface area contributed by atoms with Gasteiger partial charge in [0, 0.05) is 24.1 Å². The average Bonchev–Trinajstić information content (AvgIpc) is 2.75. The molecule has 0 spiro atoms. The van der Waals surface area contributed by atoms with Crippen LogP contribution in [0, 0.1) is 5.82 Å². The van der Waals surface area contributed by atoms with E-state index in [1.165, 1.54) is 37.4 Å². The predicted octanol–water partition coefficient (Wildman–Crippen LogP) is 1.87. The van der Waals surface area contributed by atoms with Gasteiger partial charge in [0.2, 0.25) is 5.91 Å². The number of aliphatic carboxylic acids is 1. The predicted molar refractivity (Wildman–Crippen MR) is 110 cm³/mol. The largest absolute Gasteiger partial charge is 0.496 e. The van der Waals surface area contributed by atoms with E-state index in [0.29, 0.717) is 11.3 Å². The first-order valence-electron chi connectivity index (χ1n) is 9.35. The van der Waals surface area contributed by atoms with E-state index in [1.54, 1.807) is 30.3 Å². The number of aromatic nitrogens is 2. The minimum Gasteiger partial charge on any atom is -0.496 e. The van der Waals surface area contributed by atoms with Gasteiger partial charge in [-0.2, -0.15) is 5.10 Å². The van der Waals surface area contributed by atoms with Gasteiger partial charge in [0.15, 0.2) is 0 Å². The molecular formula is C22H20FN3O5. The van der Waals surface area contributed by atoms with Crippen LogP contribution in [0.1, 0.15) is 5.56 Å². The minimum atomic E-state index is -1.19. The highest BCUT2D eigenvalue weighted by molar-refractivity contribution is 5.83. The van der Waals surface area contributed by atoms with Crippen LogP contribution in [-0.2, 0) is 22.6 Å². The fourth-order valence-electron chi connectivity index (χ4n) is 3.01. The number of methoxy groups -OCH3 is 1. The second-order valence-corrected chi connectivity index (χ2v) is 6.71. The van der Waals surface area contributed by atoms with Crippen molar-refractivity contribution in [2.45, 2.75) is 19.0 Å². The molecule has 2 N–H and O–H groups in total. The van der Waals surface area contributed by atoms with E-state index < -0.39 is 35.8 Å². The molecule has 0 aliphatic carbocycles. The Bertz CT molecular complexity index is 1150. The molecule has 1 heterocycles. The number of carbonyl (C=O) groups excluding carboxylic acids is 1. The van der Waals surface area contributed by atoms with E-state index >= 15 is 0 Å². The molecular weight excluding hydrogens is 405 g/mol. The lowest BCUT2D eigenvalue weighted by Crippen LogP contribution is -2.44. The molecule has 0 saturated carbocycles. The molecule has 1 atom stereocenters. The van der Waals surface area contributed by atoms with Crippen LogP contribution in [0.3, 0.4) is 0 Å². The Morgan fingerprint density at radius 2 is 1.90 bits per heavy atom. The first-order chi connectivity index (χ1) is 14.9. The van der Waals surface area contributed by atoms with Gasteiger partial charge in [-0.1, -0.05) is 30.3 Å². The van der Waals surface area contributed by atoms with Crippen LogP contribution in [0.25, 0.3) is 11.3 Å². The number of amides is 1. The molecule has 0 bridgehead atoms. The third kappa shape index (κ3) is 5.53. The van der Waals surface area contributed by atoms with Crippen molar-refractivity contribution in [2.24, 2.45) is 0 Å². The van der Waals surface area contributed by atoms with Crippen molar-refractivity contribution in [2.75, 3.05) is 7.11 Å². The van der Waals surface area contributed by atoms with Crippen LogP contribution in [0.15, 0.2) is 65.5 Å². The van der Waals surface area contributed by atoms with E-state index in [9.17, 15) is 23.9 Å². The fraction of sp³-hybridized carbons (Fsp3) is 0.182. The van der Waals surface area contributed by atoms with E-state index in [1.807, 2.05) is 0 Å². The normalized spacial score (nSPS) is 11.5. The summed E-state index contributed by atoms with van der Waals surface area (Å²) < 4.78 is 19.5. The second kappa shape index (κ2) is 9.66. The highest BCUT2D eigenvalue weighted by Crippen LogP contribution is 2.28. The number of carboxylic acids is 1.